The molecule has 2 heterocycles. The molecule has 2 aliphatic rings. The van der Waals surface area contributed by atoms with Crippen LogP contribution >= 0.6 is 0 Å². The van der Waals surface area contributed by atoms with Crippen molar-refractivity contribution in [2.75, 3.05) is 32.8 Å². The van der Waals surface area contributed by atoms with Crippen molar-refractivity contribution in [1.82, 2.24) is 4.90 Å². The third-order valence-electron chi connectivity index (χ3n) is 4.26. The Labute approximate surface area is 120 Å². The van der Waals surface area contributed by atoms with Gasteiger partial charge in [0.15, 0.2) is 6.10 Å². The van der Waals surface area contributed by atoms with Crippen molar-refractivity contribution in [3.05, 3.63) is 35.9 Å². The van der Waals surface area contributed by atoms with Gasteiger partial charge in [0.05, 0.1) is 24.3 Å². The average Bonchev–Trinajstić information content (AvgIpc) is 2.76. The van der Waals surface area contributed by atoms with Gasteiger partial charge in [0.25, 0.3) is 0 Å². The molecule has 0 spiro atoms. The van der Waals surface area contributed by atoms with Crippen LogP contribution in [0.3, 0.4) is 0 Å². The fraction of sp³-hybridized carbons (Fsp3) is 0.562. The lowest BCUT2D eigenvalue weighted by Gasteiger charge is -2.33. The van der Waals surface area contributed by atoms with Crippen LogP contribution in [0.25, 0.3) is 0 Å². The quantitative estimate of drug-likeness (QED) is 0.847. The van der Waals surface area contributed by atoms with Gasteiger partial charge in [0, 0.05) is 19.6 Å². The fourth-order valence-corrected chi connectivity index (χ4v) is 2.82. The molecule has 1 fully saturated rings. The number of morpholine rings is 1. The normalized spacial score (nSPS) is 26.1. The molecular formula is C16H22N2O2. The zero-order valence-corrected chi connectivity index (χ0v) is 12.2. The second kappa shape index (κ2) is 5.54. The summed E-state index contributed by atoms with van der Waals surface area (Å²) in [5, 5.41) is 4.36. The smallest absolute Gasteiger partial charge is 0.150 e. The molecule has 108 valence electrons. The van der Waals surface area contributed by atoms with E-state index in [2.05, 4.69) is 36.0 Å². The van der Waals surface area contributed by atoms with Crippen LogP contribution in [0.5, 0.6) is 0 Å². The molecule has 1 aromatic rings. The minimum atomic E-state index is -0.0698. The maximum atomic E-state index is 5.74. The topological polar surface area (TPSA) is 34.1 Å². The summed E-state index contributed by atoms with van der Waals surface area (Å²) in [5.74, 6) is 0. The van der Waals surface area contributed by atoms with Gasteiger partial charge < -0.3 is 9.57 Å². The van der Waals surface area contributed by atoms with Gasteiger partial charge in [-0.2, -0.15) is 0 Å². The Morgan fingerprint density at radius 3 is 2.60 bits per heavy atom. The molecule has 0 aliphatic carbocycles. The van der Waals surface area contributed by atoms with Crippen molar-refractivity contribution in [2.45, 2.75) is 20.0 Å². The highest BCUT2D eigenvalue weighted by atomic mass is 16.6. The summed E-state index contributed by atoms with van der Waals surface area (Å²) in [4.78, 5) is 8.15. The third-order valence-corrected chi connectivity index (χ3v) is 4.26. The largest absolute Gasteiger partial charge is 0.390 e. The van der Waals surface area contributed by atoms with Gasteiger partial charge in [-0.15, -0.1) is 0 Å². The lowest BCUT2D eigenvalue weighted by Crippen LogP contribution is -2.46. The molecule has 20 heavy (non-hydrogen) atoms. The van der Waals surface area contributed by atoms with Crippen LogP contribution in [0.4, 0.5) is 0 Å². The Kier molecular flexibility index (Phi) is 3.76. The first kappa shape index (κ1) is 13.6. The molecule has 0 amide bonds. The summed E-state index contributed by atoms with van der Waals surface area (Å²) in [7, 11) is 0. The summed E-state index contributed by atoms with van der Waals surface area (Å²) in [6, 6.07) is 10.3. The van der Waals surface area contributed by atoms with E-state index in [1.807, 2.05) is 18.2 Å². The molecule has 1 aromatic carbocycles. The first-order valence-corrected chi connectivity index (χ1v) is 7.28. The molecule has 3 rings (SSSR count). The van der Waals surface area contributed by atoms with Crippen LogP contribution in [0, 0.1) is 5.41 Å². The Morgan fingerprint density at radius 2 is 1.90 bits per heavy atom. The van der Waals surface area contributed by atoms with Crippen LogP contribution < -0.4 is 0 Å². The summed E-state index contributed by atoms with van der Waals surface area (Å²) >= 11 is 0. The van der Waals surface area contributed by atoms with E-state index in [0.29, 0.717) is 0 Å². The summed E-state index contributed by atoms with van der Waals surface area (Å²) in [6.45, 7) is 8.95. The maximum Gasteiger partial charge on any atom is 0.150 e. The fourth-order valence-electron chi connectivity index (χ4n) is 2.82. The van der Waals surface area contributed by atoms with E-state index < -0.39 is 0 Å². The van der Waals surface area contributed by atoms with Crippen LogP contribution in [0.2, 0.25) is 0 Å². The molecule has 1 atom stereocenters. The van der Waals surface area contributed by atoms with Crippen molar-refractivity contribution in [3.63, 3.8) is 0 Å². The monoisotopic (exact) mass is 274 g/mol. The van der Waals surface area contributed by atoms with Crippen molar-refractivity contribution < 1.29 is 9.57 Å². The minimum absolute atomic E-state index is 0.0698. The first-order chi connectivity index (χ1) is 9.68. The van der Waals surface area contributed by atoms with E-state index in [1.165, 1.54) is 0 Å². The van der Waals surface area contributed by atoms with Gasteiger partial charge >= 0.3 is 0 Å². The van der Waals surface area contributed by atoms with Gasteiger partial charge in [-0.3, -0.25) is 4.90 Å². The van der Waals surface area contributed by atoms with Crippen molar-refractivity contribution in [2.24, 2.45) is 10.6 Å². The summed E-state index contributed by atoms with van der Waals surface area (Å²) in [5.41, 5.74) is 2.14. The van der Waals surface area contributed by atoms with Gasteiger partial charge in [0.2, 0.25) is 0 Å². The molecule has 0 bridgehead atoms. The zero-order valence-electron chi connectivity index (χ0n) is 12.2. The van der Waals surface area contributed by atoms with Crippen molar-refractivity contribution in [1.29, 1.82) is 0 Å². The zero-order chi connectivity index (χ0) is 14.0. The van der Waals surface area contributed by atoms with Gasteiger partial charge in [-0.05, 0) is 5.56 Å². The van der Waals surface area contributed by atoms with E-state index in [1.54, 1.807) is 0 Å². The lowest BCUT2D eigenvalue weighted by molar-refractivity contribution is -0.0232. The Bertz CT molecular complexity index is 479. The SMILES string of the molecule is CC1(C)C(c2ccccc2)=NO[C@H]1CN1CCOCC1. The lowest BCUT2D eigenvalue weighted by atomic mass is 9.79. The standard InChI is InChI=1S/C16H22N2O2/c1-16(2)14(12-18-8-10-19-11-9-18)20-17-15(16)13-6-4-3-5-7-13/h3-7,14H,8-12H2,1-2H3/t14-/m0/s1. The molecule has 0 aromatic heterocycles. The number of ether oxygens (including phenoxy) is 1. The highest BCUT2D eigenvalue weighted by molar-refractivity contribution is 6.05. The van der Waals surface area contributed by atoms with Crippen LogP contribution in [-0.4, -0.2) is 49.6 Å². The predicted molar refractivity (Wildman–Crippen MR) is 78.9 cm³/mol. The summed E-state index contributed by atoms with van der Waals surface area (Å²) in [6.07, 6.45) is 0.107. The molecule has 1 saturated heterocycles. The summed E-state index contributed by atoms with van der Waals surface area (Å²) < 4.78 is 5.40. The van der Waals surface area contributed by atoms with Crippen molar-refractivity contribution in [3.8, 4) is 0 Å². The average molecular weight is 274 g/mol. The van der Waals surface area contributed by atoms with Gasteiger partial charge in [0.1, 0.15) is 0 Å². The second-order valence-corrected chi connectivity index (χ2v) is 6.03. The first-order valence-electron chi connectivity index (χ1n) is 7.28. The molecule has 4 nitrogen and oxygen atoms in total. The number of nitrogens with zero attached hydrogens (tertiary/aromatic N) is 2. The van der Waals surface area contributed by atoms with Crippen LogP contribution in [0.15, 0.2) is 35.5 Å². The highest BCUT2D eigenvalue weighted by Crippen LogP contribution is 2.35. The molecule has 0 radical (unpaired) electrons. The number of benzene rings is 1. The second-order valence-electron chi connectivity index (χ2n) is 6.03. The highest BCUT2D eigenvalue weighted by Gasteiger charge is 2.43. The van der Waals surface area contributed by atoms with Gasteiger partial charge in [-0.1, -0.05) is 49.3 Å². The van der Waals surface area contributed by atoms with E-state index in [9.17, 15) is 0 Å². The molecule has 4 heteroatoms. The molecule has 0 unspecified atom stereocenters. The molecular weight excluding hydrogens is 252 g/mol. The molecule has 2 aliphatic heterocycles. The maximum absolute atomic E-state index is 5.74. The van der Waals surface area contributed by atoms with Crippen LogP contribution in [0.1, 0.15) is 19.4 Å². The van der Waals surface area contributed by atoms with E-state index >= 15 is 0 Å². The minimum Gasteiger partial charge on any atom is -0.390 e. The van der Waals surface area contributed by atoms with Gasteiger partial charge in [-0.25, -0.2) is 0 Å². The number of oxime groups is 1. The number of hydrogen-bond donors (Lipinski definition) is 0. The van der Waals surface area contributed by atoms with E-state index in [0.717, 1.165) is 44.1 Å². The van der Waals surface area contributed by atoms with E-state index in [4.69, 9.17) is 9.57 Å². The number of hydrogen-bond acceptors (Lipinski definition) is 4. The Hall–Kier alpha value is -1.39. The Balaban J connectivity index is 1.71. The third kappa shape index (κ3) is 2.58. The number of rotatable bonds is 3. The predicted octanol–water partition coefficient (Wildman–Crippen LogP) is 2.15. The molecule has 0 N–H and O–H groups in total. The van der Waals surface area contributed by atoms with Crippen LogP contribution in [-0.2, 0) is 9.57 Å². The van der Waals surface area contributed by atoms with Crippen molar-refractivity contribution >= 4 is 5.71 Å². The molecule has 0 saturated carbocycles. The Morgan fingerprint density at radius 1 is 1.20 bits per heavy atom. The van der Waals surface area contributed by atoms with E-state index in [-0.39, 0.29) is 11.5 Å².